The van der Waals surface area contributed by atoms with Crippen LogP contribution in [0.1, 0.15) is 12.6 Å². The lowest BCUT2D eigenvalue weighted by atomic mass is 10.2. The van der Waals surface area contributed by atoms with Crippen molar-refractivity contribution in [1.29, 1.82) is 0 Å². The fourth-order valence-corrected chi connectivity index (χ4v) is 2.37. The normalized spacial score (nSPS) is 10.8. The number of benzene rings is 1. The highest BCUT2D eigenvalue weighted by molar-refractivity contribution is 5.87. The van der Waals surface area contributed by atoms with Crippen LogP contribution in [0, 0.1) is 0 Å². The molecule has 0 bridgehead atoms. The van der Waals surface area contributed by atoms with Gasteiger partial charge in [-0.05, 0) is 31.2 Å². The molecule has 112 valence electrons. The molecule has 0 spiro atoms. The smallest absolute Gasteiger partial charge is 0.433 e. The third kappa shape index (κ3) is 2.39. The van der Waals surface area contributed by atoms with Crippen molar-refractivity contribution in [2.75, 3.05) is 6.61 Å². The SMILES string of the molecule is CCOC(=O)n1c2ccccc2c(=O)n1Cc1ccccn1. The minimum Gasteiger partial charge on any atom is -0.448 e. The summed E-state index contributed by atoms with van der Waals surface area (Å²) in [7, 11) is 0. The molecule has 0 unspecified atom stereocenters. The predicted octanol–water partition coefficient (Wildman–Crippen LogP) is 2.25. The highest BCUT2D eigenvalue weighted by Gasteiger charge is 2.19. The Kier molecular flexibility index (Phi) is 3.74. The highest BCUT2D eigenvalue weighted by atomic mass is 16.6. The summed E-state index contributed by atoms with van der Waals surface area (Å²) in [6.07, 6.45) is 1.08. The molecule has 0 aliphatic rings. The quantitative estimate of drug-likeness (QED) is 0.743. The van der Waals surface area contributed by atoms with Gasteiger partial charge in [-0.3, -0.25) is 9.78 Å². The van der Waals surface area contributed by atoms with Gasteiger partial charge in [0.25, 0.3) is 5.56 Å². The topological polar surface area (TPSA) is 66.1 Å². The highest BCUT2D eigenvalue weighted by Crippen LogP contribution is 2.12. The Labute approximate surface area is 126 Å². The van der Waals surface area contributed by atoms with E-state index in [-0.39, 0.29) is 18.7 Å². The lowest BCUT2D eigenvalue weighted by Crippen LogP contribution is -2.29. The molecule has 2 aromatic heterocycles. The second-order valence-corrected chi connectivity index (χ2v) is 4.71. The molecule has 6 heteroatoms. The molecule has 0 aliphatic heterocycles. The number of carbonyl (C=O) groups is 1. The number of rotatable bonds is 3. The number of hydrogen-bond donors (Lipinski definition) is 0. The molecular formula is C16H15N3O3. The largest absolute Gasteiger partial charge is 0.448 e. The molecule has 0 saturated heterocycles. The number of para-hydroxylation sites is 1. The zero-order valence-electron chi connectivity index (χ0n) is 12.1. The van der Waals surface area contributed by atoms with Crippen molar-refractivity contribution >= 4 is 17.0 Å². The van der Waals surface area contributed by atoms with E-state index in [1.165, 1.54) is 9.36 Å². The molecule has 0 atom stereocenters. The van der Waals surface area contributed by atoms with E-state index in [2.05, 4.69) is 4.98 Å². The molecule has 0 N–H and O–H groups in total. The van der Waals surface area contributed by atoms with E-state index < -0.39 is 6.09 Å². The first-order chi connectivity index (χ1) is 10.7. The van der Waals surface area contributed by atoms with Crippen molar-refractivity contribution in [1.82, 2.24) is 14.3 Å². The Morgan fingerprint density at radius 2 is 1.95 bits per heavy atom. The molecular weight excluding hydrogens is 282 g/mol. The lowest BCUT2D eigenvalue weighted by molar-refractivity contribution is 0.147. The van der Waals surface area contributed by atoms with Crippen LogP contribution in [0.4, 0.5) is 4.79 Å². The van der Waals surface area contributed by atoms with Crippen LogP contribution < -0.4 is 5.56 Å². The van der Waals surface area contributed by atoms with E-state index in [0.717, 1.165) is 0 Å². The van der Waals surface area contributed by atoms with Gasteiger partial charge in [-0.1, -0.05) is 18.2 Å². The fourth-order valence-electron chi connectivity index (χ4n) is 2.37. The summed E-state index contributed by atoms with van der Waals surface area (Å²) in [5.41, 5.74) is 0.981. The van der Waals surface area contributed by atoms with E-state index >= 15 is 0 Å². The Hall–Kier alpha value is -2.89. The van der Waals surface area contributed by atoms with Gasteiger partial charge in [0, 0.05) is 6.20 Å². The second-order valence-electron chi connectivity index (χ2n) is 4.71. The first kappa shape index (κ1) is 14.1. The van der Waals surface area contributed by atoms with Crippen LogP contribution in [-0.2, 0) is 11.3 Å². The second kappa shape index (κ2) is 5.85. The zero-order valence-corrected chi connectivity index (χ0v) is 12.1. The summed E-state index contributed by atoms with van der Waals surface area (Å²) in [5.74, 6) is 0. The predicted molar refractivity (Wildman–Crippen MR) is 82.0 cm³/mol. The van der Waals surface area contributed by atoms with Crippen LogP contribution in [0.25, 0.3) is 10.9 Å². The van der Waals surface area contributed by atoms with Gasteiger partial charge in [0.15, 0.2) is 0 Å². The molecule has 0 saturated carbocycles. The molecule has 22 heavy (non-hydrogen) atoms. The van der Waals surface area contributed by atoms with Crippen molar-refractivity contribution < 1.29 is 9.53 Å². The number of hydrogen-bond acceptors (Lipinski definition) is 4. The molecule has 3 rings (SSSR count). The Morgan fingerprint density at radius 3 is 2.68 bits per heavy atom. The maximum absolute atomic E-state index is 12.6. The Bertz CT molecular complexity index is 865. The summed E-state index contributed by atoms with van der Waals surface area (Å²) < 4.78 is 7.70. The van der Waals surface area contributed by atoms with Crippen LogP contribution in [0.15, 0.2) is 53.5 Å². The van der Waals surface area contributed by atoms with Gasteiger partial charge >= 0.3 is 6.09 Å². The van der Waals surface area contributed by atoms with E-state index in [9.17, 15) is 9.59 Å². The number of carbonyl (C=O) groups excluding carboxylic acids is 1. The van der Waals surface area contributed by atoms with Crippen molar-refractivity contribution in [3.63, 3.8) is 0 Å². The third-order valence-electron chi connectivity index (χ3n) is 3.32. The molecule has 0 aliphatic carbocycles. The van der Waals surface area contributed by atoms with Crippen LogP contribution >= 0.6 is 0 Å². The summed E-state index contributed by atoms with van der Waals surface area (Å²) in [5, 5.41) is 0.478. The maximum Gasteiger partial charge on any atom is 0.433 e. The van der Waals surface area contributed by atoms with E-state index in [0.29, 0.717) is 16.6 Å². The van der Waals surface area contributed by atoms with Crippen molar-refractivity contribution in [3.05, 3.63) is 64.7 Å². The number of ether oxygens (including phenoxy) is 1. The molecule has 6 nitrogen and oxygen atoms in total. The van der Waals surface area contributed by atoms with Crippen LogP contribution in [-0.4, -0.2) is 27.0 Å². The summed E-state index contributed by atoms with van der Waals surface area (Å²) in [6, 6.07) is 12.4. The summed E-state index contributed by atoms with van der Waals surface area (Å²) >= 11 is 0. The van der Waals surface area contributed by atoms with Crippen LogP contribution in [0.3, 0.4) is 0 Å². The van der Waals surface area contributed by atoms with Gasteiger partial charge in [0.1, 0.15) is 0 Å². The lowest BCUT2D eigenvalue weighted by Gasteiger charge is -2.10. The average Bonchev–Trinajstić information content (AvgIpc) is 2.82. The Morgan fingerprint density at radius 1 is 1.18 bits per heavy atom. The number of aromatic nitrogens is 3. The van der Waals surface area contributed by atoms with Gasteiger partial charge in [0.2, 0.25) is 0 Å². The zero-order chi connectivity index (χ0) is 15.5. The van der Waals surface area contributed by atoms with Gasteiger partial charge < -0.3 is 4.74 Å². The van der Waals surface area contributed by atoms with Gasteiger partial charge in [0.05, 0.1) is 29.7 Å². The molecule has 2 heterocycles. The first-order valence-electron chi connectivity index (χ1n) is 7.00. The number of nitrogens with zero attached hydrogens (tertiary/aromatic N) is 3. The van der Waals surface area contributed by atoms with E-state index in [1.54, 1.807) is 49.5 Å². The van der Waals surface area contributed by atoms with Crippen molar-refractivity contribution in [3.8, 4) is 0 Å². The minimum atomic E-state index is -0.572. The minimum absolute atomic E-state index is 0.202. The average molecular weight is 297 g/mol. The van der Waals surface area contributed by atoms with Crippen molar-refractivity contribution in [2.45, 2.75) is 13.5 Å². The standard InChI is InChI=1S/C16H15N3O3/c1-2-22-16(21)19-14-9-4-3-8-13(14)15(20)18(19)11-12-7-5-6-10-17-12/h3-10H,2,11H2,1H3. The number of fused-ring (bicyclic) bond motifs is 1. The summed E-state index contributed by atoms with van der Waals surface area (Å²) in [4.78, 5) is 29.0. The van der Waals surface area contributed by atoms with Gasteiger partial charge in [-0.2, -0.15) is 4.68 Å². The van der Waals surface area contributed by atoms with Gasteiger partial charge in [-0.25, -0.2) is 9.48 Å². The van der Waals surface area contributed by atoms with E-state index in [4.69, 9.17) is 4.74 Å². The maximum atomic E-state index is 12.6. The van der Waals surface area contributed by atoms with Gasteiger partial charge in [-0.15, -0.1) is 0 Å². The van der Waals surface area contributed by atoms with Crippen LogP contribution in [0.5, 0.6) is 0 Å². The summed E-state index contributed by atoms with van der Waals surface area (Å²) in [6.45, 7) is 2.17. The Balaban J connectivity index is 2.19. The first-order valence-corrected chi connectivity index (χ1v) is 7.00. The third-order valence-corrected chi connectivity index (χ3v) is 3.32. The van der Waals surface area contributed by atoms with Crippen molar-refractivity contribution in [2.24, 2.45) is 0 Å². The molecule has 1 aromatic carbocycles. The number of pyridine rings is 1. The molecule has 0 amide bonds. The molecule has 0 radical (unpaired) electrons. The monoisotopic (exact) mass is 297 g/mol. The molecule has 0 fully saturated rings. The van der Waals surface area contributed by atoms with E-state index in [1.807, 2.05) is 6.07 Å². The molecule has 3 aromatic rings. The van der Waals surface area contributed by atoms with Crippen LogP contribution in [0.2, 0.25) is 0 Å². The fraction of sp³-hybridized carbons (Fsp3) is 0.188.